The van der Waals surface area contributed by atoms with E-state index in [0.29, 0.717) is 22.9 Å². The number of carbonyl (C=O) groups is 1. The molecular weight excluding hydrogens is 268 g/mol. The van der Waals surface area contributed by atoms with Crippen molar-refractivity contribution in [1.29, 1.82) is 0 Å². The summed E-state index contributed by atoms with van der Waals surface area (Å²) in [6.07, 6.45) is 3.50. The van der Waals surface area contributed by atoms with Crippen molar-refractivity contribution in [2.24, 2.45) is 0 Å². The van der Waals surface area contributed by atoms with Gasteiger partial charge in [0.05, 0.1) is 14.2 Å². The van der Waals surface area contributed by atoms with Gasteiger partial charge < -0.3 is 14.6 Å². The van der Waals surface area contributed by atoms with Crippen LogP contribution < -0.4 is 9.47 Å². The van der Waals surface area contributed by atoms with E-state index in [4.69, 9.17) is 26.2 Å². The number of methoxy groups -OCH3 is 2. The Morgan fingerprint density at radius 3 is 2.37 bits per heavy atom. The van der Waals surface area contributed by atoms with Crippen molar-refractivity contribution in [2.75, 3.05) is 14.2 Å². The highest BCUT2D eigenvalue weighted by Crippen LogP contribution is 2.33. The van der Waals surface area contributed by atoms with Gasteiger partial charge >= 0.3 is 5.97 Å². The van der Waals surface area contributed by atoms with Gasteiger partial charge in [-0.25, -0.2) is 0 Å². The highest BCUT2D eigenvalue weighted by Gasteiger charge is 2.09. The second kappa shape index (κ2) is 7.89. The molecule has 0 spiro atoms. The lowest BCUT2D eigenvalue weighted by molar-refractivity contribution is -0.137. The molecule has 0 radical (unpaired) electrons. The quantitative estimate of drug-likeness (QED) is 0.743. The van der Waals surface area contributed by atoms with Crippen LogP contribution in [0, 0.1) is 0 Å². The largest absolute Gasteiger partial charge is 0.493 e. The van der Waals surface area contributed by atoms with E-state index in [1.165, 1.54) is 0 Å². The zero-order valence-corrected chi connectivity index (χ0v) is 12.0. The summed E-state index contributed by atoms with van der Waals surface area (Å²) in [5, 5.41) is 9.20. The molecular formula is C14H19ClO4. The van der Waals surface area contributed by atoms with Crippen molar-refractivity contribution < 1.29 is 19.4 Å². The molecule has 0 aliphatic carbocycles. The minimum atomic E-state index is -0.746. The molecule has 0 fully saturated rings. The molecule has 0 aromatic heterocycles. The summed E-state index contributed by atoms with van der Waals surface area (Å²) in [7, 11) is 3.15. The Bertz CT molecular complexity index is 432. The molecule has 106 valence electrons. The maximum absolute atomic E-state index is 10.4. The Balaban J connectivity index is 2.56. The van der Waals surface area contributed by atoms with Gasteiger partial charge in [-0.1, -0.05) is 18.0 Å². The van der Waals surface area contributed by atoms with Gasteiger partial charge in [0.2, 0.25) is 0 Å². The highest BCUT2D eigenvalue weighted by atomic mass is 35.5. The minimum Gasteiger partial charge on any atom is -0.493 e. The molecule has 1 rings (SSSR count). The average Bonchev–Trinajstić information content (AvgIpc) is 2.39. The molecule has 1 aromatic carbocycles. The highest BCUT2D eigenvalue weighted by molar-refractivity contribution is 6.31. The standard InChI is InChI=1S/C14H19ClO4/c1-18-12-8-10(11(15)9-13(12)19-2)6-4-3-5-7-14(16)17/h8-9H,3-7H2,1-2H3,(H,16,17). The van der Waals surface area contributed by atoms with Crippen molar-refractivity contribution in [3.63, 3.8) is 0 Å². The van der Waals surface area contributed by atoms with E-state index in [-0.39, 0.29) is 6.42 Å². The number of halogens is 1. The first kappa shape index (κ1) is 15.6. The Kier molecular flexibility index (Phi) is 6.50. The van der Waals surface area contributed by atoms with Crippen LogP contribution in [0.3, 0.4) is 0 Å². The Hall–Kier alpha value is -1.42. The molecule has 19 heavy (non-hydrogen) atoms. The van der Waals surface area contributed by atoms with Crippen LogP contribution >= 0.6 is 11.6 Å². The summed E-state index contributed by atoms with van der Waals surface area (Å²) in [6, 6.07) is 3.62. The SMILES string of the molecule is COc1cc(Cl)c(CCCCCC(=O)O)cc1OC. The van der Waals surface area contributed by atoms with Crippen LogP contribution in [0.1, 0.15) is 31.2 Å². The number of carboxylic acids is 1. The fourth-order valence-corrected chi connectivity index (χ4v) is 2.10. The second-order valence-corrected chi connectivity index (χ2v) is 4.66. The first-order chi connectivity index (χ1) is 9.08. The van der Waals surface area contributed by atoms with E-state index in [9.17, 15) is 4.79 Å². The summed E-state index contributed by atoms with van der Waals surface area (Å²) in [5.41, 5.74) is 0.995. The number of carboxylic acid groups (broad SMARTS) is 1. The number of hydrogen-bond acceptors (Lipinski definition) is 3. The Morgan fingerprint density at radius 1 is 1.16 bits per heavy atom. The van der Waals surface area contributed by atoms with Crippen molar-refractivity contribution >= 4 is 17.6 Å². The van der Waals surface area contributed by atoms with E-state index in [1.807, 2.05) is 6.07 Å². The number of hydrogen-bond donors (Lipinski definition) is 1. The van der Waals surface area contributed by atoms with Crippen LogP contribution in [0.15, 0.2) is 12.1 Å². The summed E-state index contributed by atoms with van der Waals surface area (Å²) in [4.78, 5) is 10.4. The molecule has 0 aliphatic heterocycles. The fourth-order valence-electron chi connectivity index (χ4n) is 1.86. The lowest BCUT2D eigenvalue weighted by Gasteiger charge is -2.11. The number of ether oxygens (including phenoxy) is 2. The van der Waals surface area contributed by atoms with Gasteiger partial charge in [-0.15, -0.1) is 0 Å². The molecule has 0 heterocycles. The molecule has 0 unspecified atom stereocenters. The van der Waals surface area contributed by atoms with Crippen LogP contribution in [-0.4, -0.2) is 25.3 Å². The van der Waals surface area contributed by atoms with Crippen LogP contribution in [0.25, 0.3) is 0 Å². The molecule has 0 amide bonds. The fraction of sp³-hybridized carbons (Fsp3) is 0.500. The molecule has 0 atom stereocenters. The van der Waals surface area contributed by atoms with Crippen molar-refractivity contribution in [1.82, 2.24) is 0 Å². The number of rotatable bonds is 8. The van der Waals surface area contributed by atoms with Crippen molar-refractivity contribution in [3.05, 3.63) is 22.7 Å². The van der Waals surface area contributed by atoms with Gasteiger partial charge in [0.15, 0.2) is 11.5 Å². The molecule has 0 aliphatic rings. The van der Waals surface area contributed by atoms with Crippen LogP contribution in [0.5, 0.6) is 11.5 Å². The lowest BCUT2D eigenvalue weighted by atomic mass is 10.1. The lowest BCUT2D eigenvalue weighted by Crippen LogP contribution is -1.96. The molecule has 5 heteroatoms. The Labute approximate surface area is 118 Å². The van der Waals surface area contributed by atoms with Crippen LogP contribution in [0.4, 0.5) is 0 Å². The van der Waals surface area contributed by atoms with E-state index in [0.717, 1.165) is 24.8 Å². The van der Waals surface area contributed by atoms with E-state index >= 15 is 0 Å². The second-order valence-electron chi connectivity index (χ2n) is 4.25. The maximum Gasteiger partial charge on any atom is 0.303 e. The molecule has 0 saturated carbocycles. The first-order valence-electron chi connectivity index (χ1n) is 6.20. The third-order valence-electron chi connectivity index (χ3n) is 2.89. The third-order valence-corrected chi connectivity index (χ3v) is 3.24. The predicted octanol–water partition coefficient (Wildman–Crippen LogP) is 3.54. The van der Waals surface area contributed by atoms with E-state index < -0.39 is 5.97 Å². The number of aliphatic carboxylic acids is 1. The van der Waals surface area contributed by atoms with Gasteiger partial charge in [-0.2, -0.15) is 0 Å². The van der Waals surface area contributed by atoms with Gasteiger partial charge in [0, 0.05) is 17.5 Å². The molecule has 1 N–H and O–H groups in total. The van der Waals surface area contributed by atoms with E-state index in [1.54, 1.807) is 20.3 Å². The first-order valence-corrected chi connectivity index (χ1v) is 6.58. The zero-order valence-electron chi connectivity index (χ0n) is 11.2. The third kappa shape index (κ3) is 4.99. The monoisotopic (exact) mass is 286 g/mol. The van der Waals surface area contributed by atoms with Crippen molar-refractivity contribution in [2.45, 2.75) is 32.1 Å². The van der Waals surface area contributed by atoms with Crippen LogP contribution in [-0.2, 0) is 11.2 Å². The smallest absolute Gasteiger partial charge is 0.303 e. The molecule has 0 bridgehead atoms. The molecule has 4 nitrogen and oxygen atoms in total. The summed E-state index contributed by atoms with van der Waals surface area (Å²) in [5.74, 6) is 0.527. The zero-order chi connectivity index (χ0) is 14.3. The number of aryl methyl sites for hydroxylation is 1. The minimum absolute atomic E-state index is 0.222. The van der Waals surface area contributed by atoms with Gasteiger partial charge in [0.1, 0.15) is 0 Å². The summed E-state index contributed by atoms with van der Waals surface area (Å²) in [6.45, 7) is 0. The van der Waals surface area contributed by atoms with Gasteiger partial charge in [-0.3, -0.25) is 4.79 Å². The summed E-state index contributed by atoms with van der Waals surface area (Å²) < 4.78 is 10.4. The number of unbranched alkanes of at least 4 members (excludes halogenated alkanes) is 2. The Morgan fingerprint density at radius 2 is 1.79 bits per heavy atom. The average molecular weight is 287 g/mol. The molecule has 0 saturated heterocycles. The van der Waals surface area contributed by atoms with Gasteiger partial charge in [0.25, 0.3) is 0 Å². The van der Waals surface area contributed by atoms with Crippen molar-refractivity contribution in [3.8, 4) is 11.5 Å². The maximum atomic E-state index is 10.4. The van der Waals surface area contributed by atoms with Crippen LogP contribution in [0.2, 0.25) is 5.02 Å². The topological polar surface area (TPSA) is 55.8 Å². The number of benzene rings is 1. The molecule has 1 aromatic rings. The summed E-state index contributed by atoms with van der Waals surface area (Å²) >= 11 is 6.17. The normalized spacial score (nSPS) is 10.3. The predicted molar refractivity (Wildman–Crippen MR) is 74.4 cm³/mol. The van der Waals surface area contributed by atoms with Gasteiger partial charge in [-0.05, 0) is 30.9 Å². The van der Waals surface area contributed by atoms with E-state index in [2.05, 4.69) is 0 Å².